The highest BCUT2D eigenvalue weighted by Crippen LogP contribution is 2.32. The van der Waals surface area contributed by atoms with Crippen molar-refractivity contribution in [2.24, 2.45) is 0 Å². The van der Waals surface area contributed by atoms with Gasteiger partial charge in [-0.3, -0.25) is 0 Å². The number of methoxy groups -OCH3 is 1. The molecule has 0 unspecified atom stereocenters. The first kappa shape index (κ1) is 15.7. The van der Waals surface area contributed by atoms with Crippen molar-refractivity contribution in [3.05, 3.63) is 34.6 Å². The molecule has 2 rings (SSSR count). The Morgan fingerprint density at radius 1 is 1.10 bits per heavy atom. The van der Waals surface area contributed by atoms with E-state index in [1.165, 1.54) is 6.33 Å². The van der Waals surface area contributed by atoms with Gasteiger partial charge in [-0.2, -0.15) is 0 Å². The second kappa shape index (κ2) is 7.33. The van der Waals surface area contributed by atoms with Gasteiger partial charge in [0.2, 0.25) is 5.75 Å². The molecule has 0 radical (unpaired) electrons. The fourth-order valence-corrected chi connectivity index (χ4v) is 2.31. The molecule has 7 heteroatoms. The van der Waals surface area contributed by atoms with Crippen LogP contribution in [0.15, 0.2) is 24.5 Å². The molecular weight excluding hydrogens is 311 g/mol. The van der Waals surface area contributed by atoms with Gasteiger partial charge < -0.3 is 15.4 Å². The van der Waals surface area contributed by atoms with Gasteiger partial charge in [-0.05, 0) is 24.6 Å². The summed E-state index contributed by atoms with van der Waals surface area (Å²) in [6, 6.07) is 5.18. The number of rotatable bonds is 6. The first-order valence-electron chi connectivity index (χ1n) is 6.50. The van der Waals surface area contributed by atoms with Gasteiger partial charge in [-0.1, -0.05) is 30.1 Å². The predicted octanol–water partition coefficient (Wildman–Crippen LogP) is 4.36. The number of hydrogen-bond acceptors (Lipinski definition) is 5. The Hall–Kier alpha value is -1.72. The number of aromatic nitrogens is 2. The van der Waals surface area contributed by atoms with Crippen LogP contribution >= 0.6 is 23.2 Å². The minimum Gasteiger partial charge on any atom is -0.490 e. The largest absolute Gasteiger partial charge is 0.490 e. The molecule has 0 aliphatic carbocycles. The third-order valence-electron chi connectivity index (χ3n) is 2.68. The average molecular weight is 327 g/mol. The van der Waals surface area contributed by atoms with E-state index in [-0.39, 0.29) is 0 Å². The Morgan fingerprint density at radius 3 is 2.38 bits per heavy atom. The van der Waals surface area contributed by atoms with E-state index in [4.69, 9.17) is 27.9 Å². The first-order valence-corrected chi connectivity index (χ1v) is 7.25. The van der Waals surface area contributed by atoms with Crippen LogP contribution in [0.4, 0.5) is 17.3 Å². The molecule has 112 valence electrons. The van der Waals surface area contributed by atoms with Crippen molar-refractivity contribution in [2.75, 3.05) is 24.3 Å². The zero-order valence-corrected chi connectivity index (χ0v) is 13.3. The third kappa shape index (κ3) is 4.12. The smallest absolute Gasteiger partial charge is 0.204 e. The minimum absolute atomic E-state index is 0.544. The normalized spacial score (nSPS) is 10.3. The van der Waals surface area contributed by atoms with Gasteiger partial charge in [-0.25, -0.2) is 9.97 Å². The summed E-state index contributed by atoms with van der Waals surface area (Å²) in [6.07, 6.45) is 2.45. The number of anilines is 3. The molecule has 1 aromatic carbocycles. The van der Waals surface area contributed by atoms with Gasteiger partial charge in [0.25, 0.3) is 0 Å². The van der Waals surface area contributed by atoms with Crippen molar-refractivity contribution in [3.63, 3.8) is 0 Å². The summed E-state index contributed by atoms with van der Waals surface area (Å²) in [5.41, 5.74) is 0.728. The van der Waals surface area contributed by atoms with Gasteiger partial charge >= 0.3 is 0 Å². The molecule has 0 amide bonds. The molecule has 2 aromatic rings. The highest BCUT2D eigenvalue weighted by molar-refractivity contribution is 6.35. The molecule has 0 saturated heterocycles. The van der Waals surface area contributed by atoms with Gasteiger partial charge in [0.1, 0.15) is 6.33 Å². The van der Waals surface area contributed by atoms with Crippen LogP contribution in [0.2, 0.25) is 10.0 Å². The van der Waals surface area contributed by atoms with Crippen LogP contribution in [-0.2, 0) is 0 Å². The van der Waals surface area contributed by atoms with Gasteiger partial charge in [-0.15, -0.1) is 0 Å². The zero-order valence-electron chi connectivity index (χ0n) is 11.8. The molecule has 0 aliphatic heterocycles. The average Bonchev–Trinajstić information content (AvgIpc) is 2.44. The standard InChI is InChI=1S/C14H16Cl2N4O/c1-3-4-17-13-12(21-2)14(19-8-18-13)20-11-6-9(15)5-10(16)7-11/h5-8H,3-4H2,1-2H3,(H2,17,18,19,20). The van der Waals surface area contributed by atoms with Gasteiger partial charge in [0.15, 0.2) is 11.6 Å². The lowest BCUT2D eigenvalue weighted by molar-refractivity contribution is 0.415. The number of nitrogens with one attached hydrogen (secondary N) is 2. The van der Waals surface area contributed by atoms with Crippen LogP contribution in [-0.4, -0.2) is 23.6 Å². The number of halogens is 2. The maximum atomic E-state index is 5.99. The Bertz CT molecular complexity index is 602. The summed E-state index contributed by atoms with van der Waals surface area (Å²) in [6.45, 7) is 2.88. The SMILES string of the molecule is CCCNc1ncnc(Nc2cc(Cl)cc(Cl)c2)c1OC. The molecule has 0 spiro atoms. The highest BCUT2D eigenvalue weighted by atomic mass is 35.5. The molecular formula is C14H16Cl2N4O. The third-order valence-corrected chi connectivity index (χ3v) is 3.11. The molecule has 0 aliphatic rings. The van der Waals surface area contributed by atoms with Crippen LogP contribution in [0.1, 0.15) is 13.3 Å². The monoisotopic (exact) mass is 326 g/mol. The fraction of sp³-hybridized carbons (Fsp3) is 0.286. The number of hydrogen-bond donors (Lipinski definition) is 2. The molecule has 21 heavy (non-hydrogen) atoms. The summed E-state index contributed by atoms with van der Waals surface area (Å²) >= 11 is 12.0. The second-order valence-corrected chi connectivity index (χ2v) is 5.19. The Kier molecular flexibility index (Phi) is 5.47. The van der Waals surface area contributed by atoms with Crippen LogP contribution in [0.25, 0.3) is 0 Å². The van der Waals surface area contributed by atoms with E-state index in [9.17, 15) is 0 Å². The molecule has 0 atom stereocenters. The Balaban J connectivity index is 2.30. The lowest BCUT2D eigenvalue weighted by Gasteiger charge is -2.14. The summed E-state index contributed by atoms with van der Waals surface area (Å²) in [4.78, 5) is 8.38. The summed E-state index contributed by atoms with van der Waals surface area (Å²) in [5.74, 6) is 1.73. The van der Waals surface area contributed by atoms with Crippen molar-refractivity contribution in [1.82, 2.24) is 9.97 Å². The molecule has 2 N–H and O–H groups in total. The molecule has 5 nitrogen and oxygen atoms in total. The topological polar surface area (TPSA) is 59.1 Å². The van der Waals surface area contributed by atoms with Crippen molar-refractivity contribution in [1.29, 1.82) is 0 Å². The van der Waals surface area contributed by atoms with E-state index in [1.54, 1.807) is 25.3 Å². The molecule has 1 heterocycles. The van der Waals surface area contributed by atoms with E-state index in [2.05, 4.69) is 27.5 Å². The maximum absolute atomic E-state index is 5.99. The van der Waals surface area contributed by atoms with E-state index in [1.807, 2.05) is 0 Å². The van der Waals surface area contributed by atoms with Crippen molar-refractivity contribution in [3.8, 4) is 5.75 Å². The number of ether oxygens (including phenoxy) is 1. The van der Waals surface area contributed by atoms with Crippen molar-refractivity contribution < 1.29 is 4.74 Å². The summed E-state index contributed by atoms with van der Waals surface area (Å²) in [7, 11) is 1.58. The van der Waals surface area contributed by atoms with Crippen LogP contribution in [0, 0.1) is 0 Å². The summed E-state index contributed by atoms with van der Waals surface area (Å²) in [5, 5.41) is 7.42. The molecule has 0 bridgehead atoms. The maximum Gasteiger partial charge on any atom is 0.204 e. The van der Waals surface area contributed by atoms with Crippen LogP contribution < -0.4 is 15.4 Å². The second-order valence-electron chi connectivity index (χ2n) is 4.31. The van der Waals surface area contributed by atoms with Gasteiger partial charge in [0.05, 0.1) is 7.11 Å². The molecule has 0 fully saturated rings. The van der Waals surface area contributed by atoms with Crippen molar-refractivity contribution >= 4 is 40.5 Å². The zero-order chi connectivity index (χ0) is 15.2. The minimum atomic E-state index is 0.544. The Labute approximate surface area is 133 Å². The van der Waals surface area contributed by atoms with Crippen molar-refractivity contribution in [2.45, 2.75) is 13.3 Å². The number of nitrogens with zero attached hydrogens (tertiary/aromatic N) is 2. The fourth-order valence-electron chi connectivity index (χ4n) is 1.79. The van der Waals surface area contributed by atoms with E-state index < -0.39 is 0 Å². The predicted molar refractivity (Wildman–Crippen MR) is 87.1 cm³/mol. The molecule has 0 saturated carbocycles. The lowest BCUT2D eigenvalue weighted by Crippen LogP contribution is -2.07. The van der Waals surface area contributed by atoms with Crippen LogP contribution in [0.5, 0.6) is 5.75 Å². The highest BCUT2D eigenvalue weighted by Gasteiger charge is 2.12. The van der Waals surface area contributed by atoms with E-state index in [0.717, 1.165) is 18.7 Å². The quantitative estimate of drug-likeness (QED) is 0.826. The van der Waals surface area contributed by atoms with Gasteiger partial charge in [0, 0.05) is 22.3 Å². The molecule has 1 aromatic heterocycles. The summed E-state index contributed by atoms with van der Waals surface area (Å²) < 4.78 is 5.39. The number of benzene rings is 1. The first-order chi connectivity index (χ1) is 10.1. The van der Waals surface area contributed by atoms with E-state index in [0.29, 0.717) is 27.4 Å². The van der Waals surface area contributed by atoms with Crippen LogP contribution in [0.3, 0.4) is 0 Å². The van der Waals surface area contributed by atoms with E-state index >= 15 is 0 Å². The Morgan fingerprint density at radius 2 is 1.76 bits per heavy atom. The lowest BCUT2D eigenvalue weighted by atomic mass is 10.3.